The minimum absolute atomic E-state index is 0. The van der Waals surface area contributed by atoms with Crippen LogP contribution in [0.5, 0.6) is 0 Å². The molecule has 8 heteroatoms. The van der Waals surface area contributed by atoms with Crippen molar-refractivity contribution < 1.29 is 4.79 Å². The minimum atomic E-state index is -0.123. The highest BCUT2D eigenvalue weighted by molar-refractivity contribution is 5.85. The van der Waals surface area contributed by atoms with E-state index in [0.717, 1.165) is 31.7 Å². The monoisotopic (exact) mass is 335 g/mol. The average molecular weight is 336 g/mol. The number of carbonyl (C=O) groups is 1. The van der Waals surface area contributed by atoms with Crippen LogP contribution in [0, 0.1) is 0 Å². The lowest BCUT2D eigenvalue weighted by Gasteiger charge is -2.33. The number of halogens is 2. The Morgan fingerprint density at radius 3 is 2.62 bits per heavy atom. The number of pyridine rings is 1. The highest BCUT2D eigenvalue weighted by Crippen LogP contribution is 2.16. The van der Waals surface area contributed by atoms with Gasteiger partial charge in [-0.1, -0.05) is 6.07 Å². The lowest BCUT2D eigenvalue weighted by molar-refractivity contribution is 0.234. The van der Waals surface area contributed by atoms with Gasteiger partial charge in [0.1, 0.15) is 5.82 Å². The second kappa shape index (κ2) is 10.5. The van der Waals surface area contributed by atoms with E-state index in [1.807, 2.05) is 18.2 Å². The van der Waals surface area contributed by atoms with Crippen molar-refractivity contribution in [2.75, 3.05) is 31.1 Å². The van der Waals surface area contributed by atoms with E-state index in [4.69, 9.17) is 5.73 Å². The Kier molecular flexibility index (Phi) is 9.86. The fourth-order valence-corrected chi connectivity index (χ4v) is 2.22. The maximum absolute atomic E-state index is 11.5. The first-order chi connectivity index (χ1) is 9.29. The number of amides is 2. The molecule has 2 heterocycles. The number of anilines is 1. The topological polar surface area (TPSA) is 83.3 Å². The Hall–Kier alpha value is -1.24. The van der Waals surface area contributed by atoms with Crippen LogP contribution in [0.1, 0.15) is 12.8 Å². The Balaban J connectivity index is 0.00000200. The van der Waals surface area contributed by atoms with Crippen LogP contribution < -0.4 is 21.3 Å². The number of piperidine rings is 1. The second-order valence-corrected chi connectivity index (χ2v) is 4.64. The van der Waals surface area contributed by atoms with Gasteiger partial charge in [0, 0.05) is 38.4 Å². The zero-order chi connectivity index (χ0) is 13.5. The molecule has 1 aliphatic rings. The molecule has 120 valence electrons. The molecule has 0 unspecified atom stereocenters. The Morgan fingerprint density at radius 1 is 1.33 bits per heavy atom. The quantitative estimate of drug-likeness (QED) is 0.770. The molecule has 1 aliphatic heterocycles. The van der Waals surface area contributed by atoms with E-state index in [-0.39, 0.29) is 36.9 Å². The predicted molar refractivity (Wildman–Crippen MR) is 89.6 cm³/mol. The van der Waals surface area contributed by atoms with Gasteiger partial charge in [-0.2, -0.15) is 0 Å². The van der Waals surface area contributed by atoms with Crippen LogP contribution in [0.25, 0.3) is 0 Å². The van der Waals surface area contributed by atoms with Gasteiger partial charge in [0.05, 0.1) is 0 Å². The third-order valence-electron chi connectivity index (χ3n) is 3.23. The second-order valence-electron chi connectivity index (χ2n) is 4.64. The van der Waals surface area contributed by atoms with Gasteiger partial charge >= 0.3 is 6.03 Å². The maximum atomic E-state index is 11.5. The first-order valence-electron chi connectivity index (χ1n) is 6.70. The zero-order valence-electron chi connectivity index (χ0n) is 11.8. The highest BCUT2D eigenvalue weighted by atomic mass is 35.5. The lowest BCUT2D eigenvalue weighted by atomic mass is 10.1. The molecule has 2 amide bonds. The summed E-state index contributed by atoms with van der Waals surface area (Å²) in [7, 11) is 0. The molecule has 6 nitrogen and oxygen atoms in total. The van der Waals surface area contributed by atoms with Crippen molar-refractivity contribution in [1.29, 1.82) is 0 Å². The summed E-state index contributed by atoms with van der Waals surface area (Å²) < 4.78 is 0. The van der Waals surface area contributed by atoms with E-state index >= 15 is 0 Å². The lowest BCUT2D eigenvalue weighted by Crippen LogP contribution is -2.48. The van der Waals surface area contributed by atoms with E-state index in [1.165, 1.54) is 0 Å². The van der Waals surface area contributed by atoms with Gasteiger partial charge in [-0.05, 0) is 25.0 Å². The number of urea groups is 1. The van der Waals surface area contributed by atoms with Crippen LogP contribution in [0.2, 0.25) is 0 Å². The van der Waals surface area contributed by atoms with Crippen LogP contribution in [0.4, 0.5) is 10.6 Å². The summed E-state index contributed by atoms with van der Waals surface area (Å²) in [5.74, 6) is 1.01. The van der Waals surface area contributed by atoms with Crippen molar-refractivity contribution in [2.45, 2.75) is 18.9 Å². The molecule has 0 atom stereocenters. The van der Waals surface area contributed by atoms with Crippen LogP contribution in [-0.2, 0) is 0 Å². The summed E-state index contributed by atoms with van der Waals surface area (Å²) in [6.07, 6.45) is 3.68. The molecule has 0 radical (unpaired) electrons. The summed E-state index contributed by atoms with van der Waals surface area (Å²) in [5.41, 5.74) is 5.34. The molecule has 4 N–H and O–H groups in total. The van der Waals surface area contributed by atoms with E-state index < -0.39 is 0 Å². The van der Waals surface area contributed by atoms with Gasteiger partial charge in [0.15, 0.2) is 0 Å². The van der Waals surface area contributed by atoms with Crippen molar-refractivity contribution in [1.82, 2.24) is 15.6 Å². The summed E-state index contributed by atoms with van der Waals surface area (Å²) in [6.45, 7) is 2.81. The first-order valence-corrected chi connectivity index (χ1v) is 6.70. The van der Waals surface area contributed by atoms with E-state index in [9.17, 15) is 4.79 Å². The Morgan fingerprint density at radius 2 is 2.05 bits per heavy atom. The summed E-state index contributed by atoms with van der Waals surface area (Å²) in [4.78, 5) is 18.1. The van der Waals surface area contributed by atoms with Crippen molar-refractivity contribution in [3.8, 4) is 0 Å². The van der Waals surface area contributed by atoms with Crippen LogP contribution in [0.3, 0.4) is 0 Å². The molecule has 0 aliphatic carbocycles. The van der Waals surface area contributed by atoms with E-state index in [0.29, 0.717) is 13.1 Å². The van der Waals surface area contributed by atoms with Gasteiger partial charge < -0.3 is 21.3 Å². The summed E-state index contributed by atoms with van der Waals surface area (Å²) in [5, 5.41) is 5.69. The van der Waals surface area contributed by atoms with Crippen LogP contribution in [0.15, 0.2) is 24.4 Å². The number of nitrogens with two attached hydrogens (primary N) is 1. The Bertz CT molecular complexity index is 399. The molecule has 0 bridgehead atoms. The molecule has 1 fully saturated rings. The van der Waals surface area contributed by atoms with E-state index in [2.05, 4.69) is 20.5 Å². The zero-order valence-corrected chi connectivity index (χ0v) is 13.5. The molecule has 1 aromatic heterocycles. The molecule has 2 rings (SSSR count). The molecule has 1 aromatic rings. The Labute approximate surface area is 137 Å². The molecular formula is C13H23Cl2N5O. The average Bonchev–Trinajstić information content (AvgIpc) is 2.47. The summed E-state index contributed by atoms with van der Waals surface area (Å²) >= 11 is 0. The van der Waals surface area contributed by atoms with Gasteiger partial charge in [-0.25, -0.2) is 9.78 Å². The predicted octanol–water partition coefficient (Wildman–Crippen LogP) is 1.15. The number of nitrogens with zero attached hydrogens (tertiary/aromatic N) is 2. The number of aromatic nitrogens is 1. The molecule has 0 spiro atoms. The maximum Gasteiger partial charge on any atom is 0.315 e. The third-order valence-corrected chi connectivity index (χ3v) is 3.23. The largest absolute Gasteiger partial charge is 0.356 e. The molecule has 1 saturated heterocycles. The third kappa shape index (κ3) is 6.37. The van der Waals surface area contributed by atoms with Gasteiger partial charge in [-0.15, -0.1) is 24.8 Å². The van der Waals surface area contributed by atoms with Gasteiger partial charge in [0.2, 0.25) is 0 Å². The SMILES string of the molecule is Cl.Cl.NCCNC(=O)NC1CCN(c2ccccn2)CC1. The number of hydrogen-bond acceptors (Lipinski definition) is 4. The van der Waals surface area contributed by atoms with Crippen molar-refractivity contribution in [3.05, 3.63) is 24.4 Å². The molecule has 21 heavy (non-hydrogen) atoms. The van der Waals surface area contributed by atoms with Crippen LogP contribution >= 0.6 is 24.8 Å². The molecular weight excluding hydrogens is 313 g/mol. The number of nitrogens with one attached hydrogen (secondary N) is 2. The van der Waals surface area contributed by atoms with Gasteiger partial charge in [-0.3, -0.25) is 0 Å². The normalized spacial score (nSPS) is 14.6. The summed E-state index contributed by atoms with van der Waals surface area (Å²) in [6, 6.07) is 6.04. The van der Waals surface area contributed by atoms with Crippen molar-refractivity contribution in [2.24, 2.45) is 5.73 Å². The van der Waals surface area contributed by atoms with Crippen molar-refractivity contribution >= 4 is 36.7 Å². The molecule has 0 aromatic carbocycles. The van der Waals surface area contributed by atoms with E-state index in [1.54, 1.807) is 6.20 Å². The molecule has 0 saturated carbocycles. The van der Waals surface area contributed by atoms with Crippen molar-refractivity contribution in [3.63, 3.8) is 0 Å². The smallest absolute Gasteiger partial charge is 0.315 e. The number of hydrogen-bond donors (Lipinski definition) is 3. The highest BCUT2D eigenvalue weighted by Gasteiger charge is 2.21. The fraction of sp³-hybridized carbons (Fsp3) is 0.538. The van der Waals surface area contributed by atoms with Crippen LogP contribution in [-0.4, -0.2) is 43.2 Å². The standard InChI is InChI=1S/C13H21N5O.2ClH/c14-6-8-16-13(19)17-11-4-9-18(10-5-11)12-3-1-2-7-15-12;;/h1-3,7,11H,4-6,8-10,14H2,(H2,16,17,19);2*1H. The number of carbonyl (C=O) groups excluding carboxylic acids is 1. The van der Waals surface area contributed by atoms with Gasteiger partial charge in [0.25, 0.3) is 0 Å². The first kappa shape index (κ1) is 19.8. The minimum Gasteiger partial charge on any atom is -0.356 e. The number of rotatable bonds is 4. The fourth-order valence-electron chi connectivity index (χ4n) is 2.22.